The summed E-state index contributed by atoms with van der Waals surface area (Å²) in [5.74, 6) is 2.19. The Bertz CT molecular complexity index is 557. The van der Waals surface area contributed by atoms with Gasteiger partial charge in [0.15, 0.2) is 6.61 Å². The van der Waals surface area contributed by atoms with Crippen LogP contribution in [-0.4, -0.2) is 79.8 Å². The maximum atomic E-state index is 11.8. The van der Waals surface area contributed by atoms with Crippen molar-refractivity contribution in [3.8, 4) is 12.3 Å². The Hall–Kier alpha value is -1.63. The van der Waals surface area contributed by atoms with E-state index < -0.39 is 13.9 Å². The molecule has 0 fully saturated rings. The SMILES string of the molecule is C#CCOC(=O)NCCCCCC(=O)NCCC[N+](C)(C)CCOP(=O)(O)O. The van der Waals surface area contributed by atoms with Crippen LogP contribution in [-0.2, 0) is 18.6 Å². The molecule has 0 aliphatic rings. The van der Waals surface area contributed by atoms with Crippen molar-refractivity contribution in [3.63, 3.8) is 0 Å². The summed E-state index contributed by atoms with van der Waals surface area (Å²) in [7, 11) is -0.562. The normalized spacial score (nSPS) is 11.5. The molecule has 0 rings (SSSR count). The van der Waals surface area contributed by atoms with Crippen molar-refractivity contribution < 1.29 is 37.7 Å². The molecule has 0 unspecified atom stereocenters. The van der Waals surface area contributed by atoms with Gasteiger partial charge in [-0.2, -0.15) is 0 Å². The molecule has 11 heteroatoms. The van der Waals surface area contributed by atoms with Crippen molar-refractivity contribution in [2.45, 2.75) is 32.1 Å². The van der Waals surface area contributed by atoms with E-state index in [4.69, 9.17) is 16.2 Å². The van der Waals surface area contributed by atoms with Crippen molar-refractivity contribution >= 4 is 19.8 Å². The number of hydrogen-bond acceptors (Lipinski definition) is 5. The van der Waals surface area contributed by atoms with Crippen molar-refractivity contribution in [2.24, 2.45) is 0 Å². The van der Waals surface area contributed by atoms with Crippen molar-refractivity contribution in [3.05, 3.63) is 0 Å². The van der Waals surface area contributed by atoms with Crippen LogP contribution in [0.3, 0.4) is 0 Å². The molecule has 4 N–H and O–H groups in total. The molecule has 162 valence electrons. The number of phosphoric ester groups is 1. The van der Waals surface area contributed by atoms with Gasteiger partial charge < -0.3 is 29.6 Å². The number of likely N-dealkylation sites (N-methyl/N-ethyl adjacent to an activating group) is 1. The lowest BCUT2D eigenvalue weighted by molar-refractivity contribution is -0.890. The zero-order valence-electron chi connectivity index (χ0n) is 16.7. The Kier molecular flexibility index (Phi) is 13.5. The molecule has 0 aliphatic carbocycles. The first-order chi connectivity index (χ1) is 13.1. The number of nitrogens with zero attached hydrogens (tertiary/aromatic N) is 1. The fourth-order valence-corrected chi connectivity index (χ4v) is 2.60. The topological polar surface area (TPSA) is 134 Å². The van der Waals surface area contributed by atoms with E-state index in [0.29, 0.717) is 30.5 Å². The second-order valence-electron chi connectivity index (χ2n) is 6.93. The zero-order valence-corrected chi connectivity index (χ0v) is 17.6. The highest BCUT2D eigenvalue weighted by molar-refractivity contribution is 7.46. The van der Waals surface area contributed by atoms with Crippen LogP contribution in [0, 0.1) is 12.3 Å². The van der Waals surface area contributed by atoms with Crippen LogP contribution < -0.4 is 10.6 Å². The summed E-state index contributed by atoms with van der Waals surface area (Å²) in [5, 5.41) is 5.43. The average Bonchev–Trinajstić information content (AvgIpc) is 2.58. The molecule has 0 atom stereocenters. The first-order valence-electron chi connectivity index (χ1n) is 9.18. The van der Waals surface area contributed by atoms with Gasteiger partial charge in [-0.15, -0.1) is 6.42 Å². The Morgan fingerprint density at radius 1 is 1.07 bits per heavy atom. The second-order valence-corrected chi connectivity index (χ2v) is 8.17. The maximum absolute atomic E-state index is 11.8. The van der Waals surface area contributed by atoms with Crippen molar-refractivity contribution in [1.29, 1.82) is 0 Å². The van der Waals surface area contributed by atoms with Gasteiger partial charge in [0.2, 0.25) is 5.91 Å². The zero-order chi connectivity index (χ0) is 21.5. The van der Waals surface area contributed by atoms with E-state index in [1.165, 1.54) is 0 Å². The van der Waals surface area contributed by atoms with Crippen LogP contribution in [0.5, 0.6) is 0 Å². The molecule has 10 nitrogen and oxygen atoms in total. The first kappa shape index (κ1) is 26.4. The quantitative estimate of drug-likeness (QED) is 0.131. The van der Waals surface area contributed by atoms with Crippen LogP contribution in [0.2, 0.25) is 0 Å². The third-order valence-corrected chi connectivity index (χ3v) is 4.37. The summed E-state index contributed by atoms with van der Waals surface area (Å²) in [6.45, 7) is 2.14. The fourth-order valence-electron chi connectivity index (χ4n) is 2.28. The van der Waals surface area contributed by atoms with E-state index in [9.17, 15) is 14.2 Å². The van der Waals surface area contributed by atoms with Crippen LogP contribution in [0.25, 0.3) is 0 Å². The number of carbonyl (C=O) groups is 2. The van der Waals surface area contributed by atoms with Crippen LogP contribution in [0.15, 0.2) is 0 Å². The molecule has 0 saturated carbocycles. The number of hydrogen-bond donors (Lipinski definition) is 4. The number of quaternary nitrogens is 1. The number of phosphoric acid groups is 1. The number of alkyl carbamates (subject to hydrolysis) is 1. The molecule has 2 amide bonds. The minimum atomic E-state index is -4.43. The van der Waals surface area contributed by atoms with Gasteiger partial charge in [0.05, 0.1) is 20.6 Å². The van der Waals surface area contributed by atoms with E-state index in [-0.39, 0.29) is 19.1 Å². The monoisotopic (exact) mass is 422 g/mol. The van der Waals surface area contributed by atoms with Gasteiger partial charge in [-0.05, 0) is 12.8 Å². The minimum Gasteiger partial charge on any atom is -0.436 e. The van der Waals surface area contributed by atoms with Gasteiger partial charge in [-0.3, -0.25) is 9.32 Å². The van der Waals surface area contributed by atoms with Gasteiger partial charge in [0, 0.05) is 25.9 Å². The second kappa shape index (κ2) is 14.4. The average molecular weight is 422 g/mol. The van der Waals surface area contributed by atoms with Gasteiger partial charge in [-0.1, -0.05) is 12.3 Å². The molecule has 0 spiro atoms. The molecule has 0 bridgehead atoms. The lowest BCUT2D eigenvalue weighted by Gasteiger charge is -2.29. The highest BCUT2D eigenvalue weighted by Crippen LogP contribution is 2.35. The van der Waals surface area contributed by atoms with E-state index >= 15 is 0 Å². The van der Waals surface area contributed by atoms with E-state index in [2.05, 4.69) is 25.8 Å². The lowest BCUT2D eigenvalue weighted by atomic mass is 10.2. The maximum Gasteiger partial charge on any atom is 0.469 e. The number of nitrogens with one attached hydrogen (secondary N) is 2. The summed E-state index contributed by atoms with van der Waals surface area (Å²) in [6, 6.07) is 0. The van der Waals surface area contributed by atoms with Crippen LogP contribution in [0.1, 0.15) is 32.1 Å². The lowest BCUT2D eigenvalue weighted by Crippen LogP contribution is -2.44. The summed E-state index contributed by atoms with van der Waals surface area (Å²) < 4.78 is 20.3. The molecular formula is C17H33N3O7P+. The summed E-state index contributed by atoms with van der Waals surface area (Å²) in [4.78, 5) is 40.2. The van der Waals surface area contributed by atoms with Gasteiger partial charge in [0.1, 0.15) is 13.2 Å². The molecule has 0 saturated heterocycles. The number of carbonyl (C=O) groups excluding carboxylic acids is 2. The molecule has 0 aromatic rings. The summed E-state index contributed by atoms with van der Waals surface area (Å²) >= 11 is 0. The Morgan fingerprint density at radius 2 is 1.75 bits per heavy atom. The molecule has 0 heterocycles. The predicted molar refractivity (Wildman–Crippen MR) is 104 cm³/mol. The number of terminal acetylenes is 1. The first-order valence-corrected chi connectivity index (χ1v) is 10.7. The van der Waals surface area contributed by atoms with Gasteiger partial charge in [-0.25, -0.2) is 9.36 Å². The Morgan fingerprint density at radius 3 is 2.39 bits per heavy atom. The summed E-state index contributed by atoms with van der Waals surface area (Å²) in [5.41, 5.74) is 0. The predicted octanol–water partition coefficient (Wildman–Crippen LogP) is 0.598. The molecule has 0 aromatic carbocycles. The van der Waals surface area contributed by atoms with Gasteiger partial charge in [0.25, 0.3) is 0 Å². The number of ether oxygens (including phenoxy) is 1. The number of unbranched alkanes of at least 4 members (excludes halogenated alkanes) is 2. The van der Waals surface area contributed by atoms with E-state index in [0.717, 1.165) is 32.2 Å². The molecular weight excluding hydrogens is 389 g/mol. The fraction of sp³-hybridized carbons (Fsp3) is 0.765. The molecule has 0 radical (unpaired) electrons. The third-order valence-electron chi connectivity index (χ3n) is 3.86. The highest BCUT2D eigenvalue weighted by atomic mass is 31.2. The summed E-state index contributed by atoms with van der Waals surface area (Å²) in [6.07, 6.45) is 7.90. The van der Waals surface area contributed by atoms with E-state index in [1.807, 2.05) is 14.1 Å². The molecule has 0 aromatic heterocycles. The molecule has 28 heavy (non-hydrogen) atoms. The number of amides is 2. The van der Waals surface area contributed by atoms with Crippen molar-refractivity contribution in [2.75, 3.05) is 53.5 Å². The minimum absolute atomic E-state index is 0.0171. The third kappa shape index (κ3) is 17.8. The van der Waals surface area contributed by atoms with Crippen molar-refractivity contribution in [1.82, 2.24) is 10.6 Å². The standard InChI is InChI=1S/C17H32N3O7P/c1-4-14-26-17(22)19-10-7-5-6-9-16(21)18-11-8-12-20(2,3)13-15-27-28(23,24)25/h1H,5-15H2,2-3H3,(H3-,18,19,21,22,23,24,25)/p+1. The van der Waals surface area contributed by atoms with Gasteiger partial charge >= 0.3 is 13.9 Å². The largest absolute Gasteiger partial charge is 0.469 e. The highest BCUT2D eigenvalue weighted by Gasteiger charge is 2.19. The van der Waals surface area contributed by atoms with Crippen LogP contribution >= 0.6 is 7.82 Å². The smallest absolute Gasteiger partial charge is 0.436 e. The number of rotatable bonds is 15. The van der Waals surface area contributed by atoms with E-state index in [1.54, 1.807) is 0 Å². The Balaban J connectivity index is 3.63. The molecule has 0 aliphatic heterocycles. The Labute approximate surface area is 166 Å². The van der Waals surface area contributed by atoms with Crippen LogP contribution in [0.4, 0.5) is 4.79 Å².